The van der Waals surface area contributed by atoms with Gasteiger partial charge >= 0.3 is 0 Å². The smallest absolute Gasteiger partial charge is 0.224 e. The normalized spacial score (nSPS) is 22.4. The second kappa shape index (κ2) is 10.00. The largest absolute Gasteiger partial charge is 0.497 e. The number of hydrogen-bond donors (Lipinski definition) is 1. The molecule has 0 bridgehead atoms. The van der Waals surface area contributed by atoms with E-state index >= 15 is 0 Å². The molecule has 1 aromatic carbocycles. The molecule has 140 valence electrons. The Hall–Kier alpha value is -1.30. The fourth-order valence-electron chi connectivity index (χ4n) is 3.55. The second-order valence-corrected chi connectivity index (χ2v) is 6.76. The van der Waals surface area contributed by atoms with E-state index in [2.05, 4.69) is 5.32 Å². The third kappa shape index (κ3) is 5.87. The molecule has 0 spiro atoms. The van der Waals surface area contributed by atoms with Gasteiger partial charge in [-0.1, -0.05) is 12.1 Å². The molecule has 25 heavy (non-hydrogen) atoms. The summed E-state index contributed by atoms with van der Waals surface area (Å²) in [5.41, 5.74) is 1.10. The Balaban J connectivity index is 0.00000225. The monoisotopic (exact) mass is 368 g/mol. The first-order chi connectivity index (χ1) is 11.7. The van der Waals surface area contributed by atoms with Crippen LogP contribution in [0.1, 0.15) is 37.7 Å². The first kappa shape index (κ1) is 20.0. The molecule has 6 heteroatoms. The lowest BCUT2D eigenvalue weighted by Crippen LogP contribution is -2.39. The minimum Gasteiger partial charge on any atom is -0.497 e. The van der Waals surface area contributed by atoms with Gasteiger partial charge in [-0.2, -0.15) is 0 Å². The maximum absolute atomic E-state index is 12.8. The van der Waals surface area contributed by atoms with Gasteiger partial charge in [0.2, 0.25) is 5.91 Å². The standard InChI is InChI=1S/C19H28N2O3.ClH/c1-23-17-7-2-5-15(11-17)13-21(14-18-8-4-10-24-18)19(22)12-16-6-3-9-20-16;/h2,5,7,11,16,18,20H,3-4,6,8-10,12-14H2,1H3;1H. The van der Waals surface area contributed by atoms with Gasteiger partial charge in [0, 0.05) is 32.2 Å². The van der Waals surface area contributed by atoms with Gasteiger partial charge in [-0.05, 0) is 49.9 Å². The van der Waals surface area contributed by atoms with Crippen LogP contribution in [-0.2, 0) is 16.1 Å². The highest BCUT2D eigenvalue weighted by Crippen LogP contribution is 2.19. The van der Waals surface area contributed by atoms with Gasteiger partial charge in [0.1, 0.15) is 5.75 Å². The van der Waals surface area contributed by atoms with E-state index in [-0.39, 0.29) is 24.4 Å². The summed E-state index contributed by atoms with van der Waals surface area (Å²) in [6.45, 7) is 3.14. The highest BCUT2D eigenvalue weighted by molar-refractivity contribution is 5.85. The predicted octanol–water partition coefficient (Wildman–Crippen LogP) is 2.77. The number of benzene rings is 1. The predicted molar refractivity (Wildman–Crippen MR) is 100 cm³/mol. The number of ether oxygens (including phenoxy) is 2. The Morgan fingerprint density at radius 2 is 2.24 bits per heavy atom. The molecule has 1 N–H and O–H groups in total. The molecule has 2 unspecified atom stereocenters. The maximum Gasteiger partial charge on any atom is 0.224 e. The number of methoxy groups -OCH3 is 1. The summed E-state index contributed by atoms with van der Waals surface area (Å²) in [6.07, 6.45) is 5.16. The fourth-order valence-corrected chi connectivity index (χ4v) is 3.55. The van der Waals surface area contributed by atoms with Gasteiger partial charge in [0.05, 0.1) is 13.2 Å². The Morgan fingerprint density at radius 1 is 1.36 bits per heavy atom. The number of carbonyl (C=O) groups is 1. The molecule has 2 aliphatic rings. The molecule has 1 amide bonds. The summed E-state index contributed by atoms with van der Waals surface area (Å²) in [5, 5.41) is 3.42. The molecule has 2 atom stereocenters. The van der Waals surface area contributed by atoms with E-state index in [9.17, 15) is 4.79 Å². The zero-order chi connectivity index (χ0) is 16.8. The Labute approximate surface area is 156 Å². The highest BCUT2D eigenvalue weighted by atomic mass is 35.5. The molecule has 0 aliphatic carbocycles. The summed E-state index contributed by atoms with van der Waals surface area (Å²) < 4.78 is 11.1. The third-order valence-electron chi connectivity index (χ3n) is 4.89. The van der Waals surface area contributed by atoms with Crippen molar-refractivity contribution < 1.29 is 14.3 Å². The van der Waals surface area contributed by atoms with Crippen molar-refractivity contribution in [2.75, 3.05) is 26.8 Å². The van der Waals surface area contributed by atoms with Gasteiger partial charge in [-0.3, -0.25) is 4.79 Å². The van der Waals surface area contributed by atoms with Crippen molar-refractivity contribution in [2.24, 2.45) is 0 Å². The molecule has 5 nitrogen and oxygen atoms in total. The second-order valence-electron chi connectivity index (χ2n) is 6.76. The number of halogens is 1. The first-order valence-electron chi connectivity index (χ1n) is 9.00. The van der Waals surface area contributed by atoms with Crippen LogP contribution in [0.3, 0.4) is 0 Å². The fraction of sp³-hybridized carbons (Fsp3) is 0.632. The van der Waals surface area contributed by atoms with Crippen LogP contribution in [-0.4, -0.2) is 49.8 Å². The quantitative estimate of drug-likeness (QED) is 0.804. The van der Waals surface area contributed by atoms with Crippen molar-refractivity contribution >= 4 is 18.3 Å². The van der Waals surface area contributed by atoms with E-state index in [1.54, 1.807) is 7.11 Å². The van der Waals surface area contributed by atoms with E-state index < -0.39 is 0 Å². The van der Waals surface area contributed by atoms with E-state index in [4.69, 9.17) is 9.47 Å². The van der Waals surface area contributed by atoms with Crippen molar-refractivity contribution in [3.05, 3.63) is 29.8 Å². The molecule has 2 heterocycles. The summed E-state index contributed by atoms with van der Waals surface area (Å²) in [4.78, 5) is 14.8. The third-order valence-corrected chi connectivity index (χ3v) is 4.89. The molecule has 0 radical (unpaired) electrons. The molecule has 1 aromatic rings. The summed E-state index contributed by atoms with van der Waals surface area (Å²) in [5.74, 6) is 1.04. The Kier molecular flexibility index (Phi) is 8.00. The van der Waals surface area contributed by atoms with Crippen molar-refractivity contribution in [1.82, 2.24) is 10.2 Å². The van der Waals surface area contributed by atoms with E-state index in [0.717, 1.165) is 43.7 Å². The average molecular weight is 369 g/mol. The number of nitrogens with zero attached hydrogens (tertiary/aromatic N) is 1. The molecule has 0 saturated carbocycles. The molecular weight excluding hydrogens is 340 g/mol. The van der Waals surface area contributed by atoms with E-state index in [1.807, 2.05) is 29.2 Å². The van der Waals surface area contributed by atoms with Crippen molar-refractivity contribution in [3.8, 4) is 5.75 Å². The molecule has 0 aromatic heterocycles. The zero-order valence-electron chi connectivity index (χ0n) is 14.9. The molecular formula is C19H29ClN2O3. The lowest BCUT2D eigenvalue weighted by Gasteiger charge is -2.27. The van der Waals surface area contributed by atoms with Gasteiger partial charge < -0.3 is 19.7 Å². The average Bonchev–Trinajstić information content (AvgIpc) is 3.28. The van der Waals surface area contributed by atoms with Crippen LogP contribution in [0.15, 0.2) is 24.3 Å². The van der Waals surface area contributed by atoms with Gasteiger partial charge in [0.25, 0.3) is 0 Å². The number of carbonyl (C=O) groups excluding carboxylic acids is 1. The van der Waals surface area contributed by atoms with Crippen LogP contribution in [0.2, 0.25) is 0 Å². The molecule has 3 rings (SSSR count). The molecule has 2 saturated heterocycles. The number of hydrogen-bond acceptors (Lipinski definition) is 4. The SMILES string of the molecule is COc1cccc(CN(CC2CCCO2)C(=O)CC2CCCN2)c1.Cl. The zero-order valence-corrected chi connectivity index (χ0v) is 15.7. The van der Waals surface area contributed by atoms with E-state index in [1.165, 1.54) is 6.42 Å². The Morgan fingerprint density at radius 3 is 2.92 bits per heavy atom. The lowest BCUT2D eigenvalue weighted by molar-refractivity contribution is -0.133. The van der Waals surface area contributed by atoms with Crippen LogP contribution >= 0.6 is 12.4 Å². The van der Waals surface area contributed by atoms with Gasteiger partial charge in [-0.15, -0.1) is 12.4 Å². The van der Waals surface area contributed by atoms with E-state index in [0.29, 0.717) is 25.6 Å². The summed E-state index contributed by atoms with van der Waals surface area (Å²) in [7, 11) is 1.67. The van der Waals surface area contributed by atoms with Crippen LogP contribution in [0.5, 0.6) is 5.75 Å². The van der Waals surface area contributed by atoms with Crippen molar-refractivity contribution in [2.45, 2.75) is 50.8 Å². The Bertz CT molecular complexity index is 543. The number of amides is 1. The van der Waals surface area contributed by atoms with Crippen LogP contribution in [0.25, 0.3) is 0 Å². The van der Waals surface area contributed by atoms with Crippen LogP contribution in [0.4, 0.5) is 0 Å². The first-order valence-corrected chi connectivity index (χ1v) is 9.00. The van der Waals surface area contributed by atoms with Crippen molar-refractivity contribution in [3.63, 3.8) is 0 Å². The molecule has 2 aliphatic heterocycles. The summed E-state index contributed by atoms with van der Waals surface area (Å²) >= 11 is 0. The maximum atomic E-state index is 12.8. The lowest BCUT2D eigenvalue weighted by atomic mass is 10.1. The highest BCUT2D eigenvalue weighted by Gasteiger charge is 2.25. The summed E-state index contributed by atoms with van der Waals surface area (Å²) in [6, 6.07) is 8.28. The topological polar surface area (TPSA) is 50.8 Å². The molecule has 2 fully saturated rings. The van der Waals surface area contributed by atoms with Crippen LogP contribution < -0.4 is 10.1 Å². The minimum atomic E-state index is 0. The van der Waals surface area contributed by atoms with Gasteiger partial charge in [0.15, 0.2) is 0 Å². The van der Waals surface area contributed by atoms with Gasteiger partial charge in [-0.25, -0.2) is 0 Å². The number of nitrogens with one attached hydrogen (secondary N) is 1. The van der Waals surface area contributed by atoms with Crippen LogP contribution in [0, 0.1) is 0 Å². The minimum absolute atomic E-state index is 0. The van der Waals surface area contributed by atoms with Crippen molar-refractivity contribution in [1.29, 1.82) is 0 Å². The number of rotatable bonds is 7.